The van der Waals surface area contributed by atoms with Crippen LogP contribution in [-0.2, 0) is 11.2 Å². The molecule has 5 nitrogen and oxygen atoms in total. The zero-order chi connectivity index (χ0) is 21.2. The fourth-order valence-electron chi connectivity index (χ4n) is 2.77. The van der Waals surface area contributed by atoms with Crippen LogP contribution in [0.4, 0.5) is 5.13 Å². The Kier molecular flexibility index (Phi) is 8.99. The molecule has 0 bridgehead atoms. The molecule has 0 aliphatic carbocycles. The molecule has 0 aliphatic heterocycles. The highest BCUT2D eigenvalue weighted by molar-refractivity contribution is 8.01. The molecule has 1 heterocycles. The van der Waals surface area contributed by atoms with Gasteiger partial charge < -0.3 is 10.1 Å². The maximum atomic E-state index is 12.1. The zero-order valence-corrected chi connectivity index (χ0v) is 19.2. The molecule has 2 aromatic carbocycles. The molecule has 0 radical (unpaired) electrons. The van der Waals surface area contributed by atoms with Gasteiger partial charge in [0.15, 0.2) is 4.34 Å². The Morgan fingerprint density at radius 1 is 1.17 bits per heavy atom. The molecule has 0 unspecified atom stereocenters. The number of hydrogen-bond donors (Lipinski definition) is 1. The van der Waals surface area contributed by atoms with E-state index >= 15 is 0 Å². The van der Waals surface area contributed by atoms with Crippen molar-refractivity contribution in [3.05, 3.63) is 64.7 Å². The molecule has 30 heavy (non-hydrogen) atoms. The van der Waals surface area contributed by atoms with Crippen LogP contribution in [0.1, 0.15) is 30.4 Å². The van der Waals surface area contributed by atoms with Gasteiger partial charge in [-0.25, -0.2) is 0 Å². The highest BCUT2D eigenvalue weighted by Crippen LogP contribution is 2.26. The molecular weight excluding hydrogens is 438 g/mol. The van der Waals surface area contributed by atoms with Crippen molar-refractivity contribution < 1.29 is 9.53 Å². The van der Waals surface area contributed by atoms with E-state index in [1.807, 2.05) is 25.1 Å². The Morgan fingerprint density at radius 2 is 2.00 bits per heavy atom. The van der Waals surface area contributed by atoms with E-state index in [1.165, 1.54) is 16.9 Å². The topological polar surface area (TPSA) is 64.1 Å². The lowest BCUT2D eigenvalue weighted by molar-refractivity contribution is -0.116. The van der Waals surface area contributed by atoms with Crippen LogP contribution in [0.3, 0.4) is 0 Å². The number of carbonyl (C=O) groups excluding carboxylic acids is 1. The Balaban J connectivity index is 1.31. The van der Waals surface area contributed by atoms with Crippen molar-refractivity contribution >= 4 is 45.7 Å². The largest absolute Gasteiger partial charge is 0.493 e. The van der Waals surface area contributed by atoms with E-state index in [0.29, 0.717) is 29.6 Å². The highest BCUT2D eigenvalue weighted by atomic mass is 35.5. The molecule has 0 saturated carbocycles. The summed E-state index contributed by atoms with van der Waals surface area (Å²) in [6.07, 6.45) is 3.11. The minimum absolute atomic E-state index is 0.0804. The number of halogens is 1. The first-order chi connectivity index (χ1) is 14.6. The molecule has 0 spiro atoms. The Hall–Kier alpha value is -2.09. The van der Waals surface area contributed by atoms with Gasteiger partial charge in [-0.2, -0.15) is 0 Å². The number of carbonyl (C=O) groups is 1. The highest BCUT2D eigenvalue weighted by Gasteiger charge is 2.09. The van der Waals surface area contributed by atoms with E-state index in [0.717, 1.165) is 34.2 Å². The third-order valence-corrected chi connectivity index (χ3v) is 6.57. The Labute approximate surface area is 190 Å². The summed E-state index contributed by atoms with van der Waals surface area (Å²) >= 11 is 9.02. The Bertz CT molecular complexity index is 951. The first kappa shape index (κ1) is 22.6. The summed E-state index contributed by atoms with van der Waals surface area (Å²) < 4.78 is 6.59. The summed E-state index contributed by atoms with van der Waals surface area (Å²) in [6.45, 7) is 2.41. The summed E-state index contributed by atoms with van der Waals surface area (Å²) in [4.78, 5) is 12.1. The number of anilines is 1. The van der Waals surface area contributed by atoms with Crippen LogP contribution in [0, 0.1) is 6.92 Å². The molecule has 8 heteroatoms. The first-order valence-corrected chi connectivity index (χ1v) is 12.0. The number of rotatable bonds is 11. The van der Waals surface area contributed by atoms with E-state index in [1.54, 1.807) is 17.8 Å². The average Bonchev–Trinajstić information content (AvgIpc) is 3.18. The van der Waals surface area contributed by atoms with E-state index < -0.39 is 0 Å². The maximum absolute atomic E-state index is 12.1. The van der Waals surface area contributed by atoms with Crippen molar-refractivity contribution in [2.24, 2.45) is 0 Å². The van der Waals surface area contributed by atoms with Gasteiger partial charge in [-0.15, -0.1) is 10.2 Å². The zero-order valence-electron chi connectivity index (χ0n) is 16.8. The van der Waals surface area contributed by atoms with E-state index in [4.69, 9.17) is 16.3 Å². The van der Waals surface area contributed by atoms with Crippen LogP contribution in [-0.4, -0.2) is 28.5 Å². The fraction of sp³-hybridized carbons (Fsp3) is 0.318. The van der Waals surface area contributed by atoms with Crippen LogP contribution in [0.25, 0.3) is 0 Å². The molecule has 1 aromatic heterocycles. The van der Waals surface area contributed by atoms with Gasteiger partial charge in [0.1, 0.15) is 5.75 Å². The van der Waals surface area contributed by atoms with E-state index in [9.17, 15) is 4.79 Å². The minimum Gasteiger partial charge on any atom is -0.493 e. The molecule has 3 aromatic rings. The second-order valence-corrected chi connectivity index (χ2v) is 9.48. The number of hydrogen-bond acceptors (Lipinski definition) is 6. The predicted octanol–water partition coefficient (Wildman–Crippen LogP) is 6.02. The van der Waals surface area contributed by atoms with Crippen molar-refractivity contribution in [2.75, 3.05) is 17.7 Å². The lowest BCUT2D eigenvalue weighted by Gasteiger charge is -2.09. The first-order valence-electron chi connectivity index (χ1n) is 9.79. The average molecular weight is 462 g/mol. The minimum atomic E-state index is -0.0804. The van der Waals surface area contributed by atoms with Gasteiger partial charge in [0.25, 0.3) is 0 Å². The van der Waals surface area contributed by atoms with Crippen molar-refractivity contribution in [3.63, 3.8) is 0 Å². The third kappa shape index (κ3) is 7.63. The third-order valence-electron chi connectivity index (χ3n) is 4.27. The van der Waals surface area contributed by atoms with Gasteiger partial charge in [0.05, 0.1) is 6.61 Å². The van der Waals surface area contributed by atoms with Gasteiger partial charge in [0.2, 0.25) is 11.0 Å². The summed E-state index contributed by atoms with van der Waals surface area (Å²) in [5, 5.41) is 12.3. The number of thioether (sulfide) groups is 1. The number of aryl methyl sites for hydroxylation is 2. The number of ether oxygens (including phenoxy) is 1. The van der Waals surface area contributed by atoms with Gasteiger partial charge in [-0.05, 0) is 55.5 Å². The van der Waals surface area contributed by atoms with Gasteiger partial charge in [-0.3, -0.25) is 4.79 Å². The van der Waals surface area contributed by atoms with Crippen LogP contribution < -0.4 is 10.1 Å². The molecular formula is C22H24ClN3O2S2. The van der Waals surface area contributed by atoms with Crippen LogP contribution in [0.15, 0.2) is 52.9 Å². The van der Waals surface area contributed by atoms with E-state index in [-0.39, 0.29) is 5.91 Å². The normalized spacial score (nSPS) is 10.7. The lowest BCUT2D eigenvalue weighted by atomic mass is 10.1. The summed E-state index contributed by atoms with van der Waals surface area (Å²) in [6, 6.07) is 15.9. The van der Waals surface area contributed by atoms with Crippen molar-refractivity contribution in [3.8, 4) is 5.75 Å². The number of benzene rings is 2. The van der Waals surface area contributed by atoms with Crippen molar-refractivity contribution in [1.29, 1.82) is 0 Å². The monoisotopic (exact) mass is 461 g/mol. The molecule has 1 amide bonds. The standard InChI is InChI=1S/C22H24ClN3O2S2/c1-16-15-18(23)11-12-19(16)28-13-5-10-20(27)24-21-25-26-22(30-21)29-14-6-9-17-7-3-2-4-8-17/h2-4,7-8,11-12,15H,5-6,9-10,13-14H2,1H3,(H,24,25,27). The van der Waals surface area contributed by atoms with Crippen molar-refractivity contribution in [1.82, 2.24) is 10.2 Å². The van der Waals surface area contributed by atoms with E-state index in [2.05, 4.69) is 39.8 Å². The quantitative estimate of drug-likeness (QED) is 0.215. The number of aromatic nitrogens is 2. The summed E-state index contributed by atoms with van der Waals surface area (Å²) in [5.41, 5.74) is 2.33. The maximum Gasteiger partial charge on any atom is 0.226 e. The molecule has 1 N–H and O–H groups in total. The summed E-state index contributed by atoms with van der Waals surface area (Å²) in [5.74, 6) is 1.68. The SMILES string of the molecule is Cc1cc(Cl)ccc1OCCCC(=O)Nc1nnc(SCCCc2ccccc2)s1. The van der Waals surface area contributed by atoms with Crippen LogP contribution in [0.2, 0.25) is 5.02 Å². The second kappa shape index (κ2) is 11.9. The summed E-state index contributed by atoms with van der Waals surface area (Å²) in [7, 11) is 0. The fourth-order valence-corrected chi connectivity index (χ4v) is 4.78. The molecule has 0 saturated heterocycles. The number of amides is 1. The number of nitrogens with one attached hydrogen (secondary N) is 1. The van der Waals surface area contributed by atoms with Crippen LogP contribution >= 0.6 is 34.7 Å². The second-order valence-electron chi connectivity index (χ2n) is 6.72. The molecule has 0 aliphatic rings. The molecule has 0 atom stereocenters. The molecule has 3 rings (SSSR count). The Morgan fingerprint density at radius 3 is 2.80 bits per heavy atom. The number of nitrogens with zero attached hydrogens (tertiary/aromatic N) is 2. The predicted molar refractivity (Wildman–Crippen MR) is 125 cm³/mol. The van der Waals surface area contributed by atoms with Gasteiger partial charge in [-0.1, -0.05) is 65.0 Å². The lowest BCUT2D eigenvalue weighted by Crippen LogP contribution is -2.12. The molecule has 0 fully saturated rings. The van der Waals surface area contributed by atoms with Crippen LogP contribution in [0.5, 0.6) is 5.75 Å². The van der Waals surface area contributed by atoms with Gasteiger partial charge in [0, 0.05) is 17.2 Å². The van der Waals surface area contributed by atoms with Gasteiger partial charge >= 0.3 is 0 Å². The smallest absolute Gasteiger partial charge is 0.226 e. The van der Waals surface area contributed by atoms with Crippen molar-refractivity contribution in [2.45, 2.75) is 36.9 Å². The molecule has 158 valence electrons.